The highest BCUT2D eigenvalue weighted by Gasteiger charge is 2.16. The van der Waals surface area contributed by atoms with Gasteiger partial charge in [0, 0.05) is 18.5 Å². The van der Waals surface area contributed by atoms with E-state index in [-0.39, 0.29) is 24.0 Å². The predicted molar refractivity (Wildman–Crippen MR) is 64.9 cm³/mol. The van der Waals surface area contributed by atoms with Gasteiger partial charge in [-0.15, -0.1) is 0 Å². The molecule has 0 spiro atoms. The van der Waals surface area contributed by atoms with Gasteiger partial charge in [-0.1, -0.05) is 0 Å². The van der Waals surface area contributed by atoms with Crippen molar-refractivity contribution in [3.63, 3.8) is 0 Å². The molecule has 0 heterocycles. The Balaban J connectivity index is 2.73. The molecule has 1 aromatic carbocycles. The van der Waals surface area contributed by atoms with Gasteiger partial charge >= 0.3 is 5.97 Å². The third-order valence-electron chi connectivity index (χ3n) is 2.66. The Labute approximate surface area is 109 Å². The highest BCUT2D eigenvalue weighted by molar-refractivity contribution is 5.94. The minimum atomic E-state index is -0.968. The van der Waals surface area contributed by atoms with Gasteiger partial charge in [0.15, 0.2) is 0 Å². The van der Waals surface area contributed by atoms with E-state index in [1.54, 1.807) is 6.92 Å². The second kappa shape index (κ2) is 6.26. The molecule has 0 fully saturated rings. The summed E-state index contributed by atoms with van der Waals surface area (Å²) in [6, 6.07) is 1.38. The Kier molecular flexibility index (Phi) is 4.97. The topological polar surface area (TPSA) is 66.4 Å². The molecule has 1 amide bonds. The molecule has 2 N–H and O–H groups in total. The van der Waals surface area contributed by atoms with Crippen molar-refractivity contribution in [1.82, 2.24) is 5.32 Å². The van der Waals surface area contributed by atoms with E-state index in [1.807, 2.05) is 0 Å². The molecule has 0 saturated heterocycles. The number of carboxylic acid groups (broad SMARTS) is 1. The summed E-state index contributed by atoms with van der Waals surface area (Å²) in [7, 11) is 0. The molecule has 6 heteroatoms. The van der Waals surface area contributed by atoms with Gasteiger partial charge in [0.05, 0.1) is 5.56 Å². The second-order valence-electron chi connectivity index (χ2n) is 4.39. The van der Waals surface area contributed by atoms with E-state index in [0.29, 0.717) is 6.07 Å². The summed E-state index contributed by atoms with van der Waals surface area (Å²) >= 11 is 0. The number of hydrogen-bond acceptors (Lipinski definition) is 2. The fraction of sp³-hybridized carbons (Fsp3) is 0.385. The maximum Gasteiger partial charge on any atom is 0.303 e. The number of nitrogens with one attached hydrogen (secondary N) is 1. The fourth-order valence-electron chi connectivity index (χ4n) is 1.54. The van der Waals surface area contributed by atoms with Crippen LogP contribution in [-0.4, -0.2) is 23.0 Å². The highest BCUT2D eigenvalue weighted by atomic mass is 19.1. The zero-order valence-corrected chi connectivity index (χ0v) is 10.7. The molecule has 19 heavy (non-hydrogen) atoms. The monoisotopic (exact) mass is 271 g/mol. The van der Waals surface area contributed by atoms with Crippen LogP contribution in [0.4, 0.5) is 8.78 Å². The first-order chi connectivity index (χ1) is 8.81. The molecule has 1 unspecified atom stereocenters. The van der Waals surface area contributed by atoms with E-state index >= 15 is 0 Å². The maximum absolute atomic E-state index is 13.5. The van der Waals surface area contributed by atoms with Crippen LogP contribution in [0.2, 0.25) is 0 Å². The summed E-state index contributed by atoms with van der Waals surface area (Å²) < 4.78 is 26.5. The van der Waals surface area contributed by atoms with Crippen molar-refractivity contribution < 1.29 is 23.5 Å². The highest BCUT2D eigenvalue weighted by Crippen LogP contribution is 2.14. The summed E-state index contributed by atoms with van der Waals surface area (Å²) in [5.41, 5.74) is -0.0779. The lowest BCUT2D eigenvalue weighted by Crippen LogP contribution is -2.33. The van der Waals surface area contributed by atoms with Crippen LogP contribution >= 0.6 is 0 Å². The first-order valence-electron chi connectivity index (χ1n) is 5.79. The molecule has 0 aliphatic heterocycles. The van der Waals surface area contributed by atoms with E-state index in [1.165, 1.54) is 6.92 Å². The maximum atomic E-state index is 13.5. The van der Waals surface area contributed by atoms with Crippen LogP contribution in [0.3, 0.4) is 0 Å². The van der Waals surface area contributed by atoms with Crippen molar-refractivity contribution >= 4 is 11.9 Å². The predicted octanol–water partition coefficient (Wildman–Crippen LogP) is 2.26. The summed E-state index contributed by atoms with van der Waals surface area (Å²) in [4.78, 5) is 22.1. The Morgan fingerprint density at radius 2 is 1.95 bits per heavy atom. The standard InChI is InChI=1S/C13H15F2NO3/c1-7-5-9(11(15)6-10(7)14)13(19)16-8(2)3-4-12(17)18/h5-6,8H,3-4H2,1-2H3,(H,16,19)(H,17,18). The summed E-state index contributed by atoms with van der Waals surface area (Å²) in [5, 5.41) is 11.0. The number of carbonyl (C=O) groups excluding carboxylic acids is 1. The molecule has 104 valence electrons. The number of amides is 1. The second-order valence-corrected chi connectivity index (χ2v) is 4.39. The third-order valence-corrected chi connectivity index (χ3v) is 2.66. The quantitative estimate of drug-likeness (QED) is 0.863. The van der Waals surface area contributed by atoms with Gasteiger partial charge in [0.25, 0.3) is 5.91 Å². The lowest BCUT2D eigenvalue weighted by Gasteiger charge is -2.13. The van der Waals surface area contributed by atoms with Crippen molar-refractivity contribution in [2.75, 3.05) is 0 Å². The molecule has 0 aromatic heterocycles. The van der Waals surface area contributed by atoms with Gasteiger partial charge in [0.2, 0.25) is 0 Å². The van der Waals surface area contributed by atoms with Crippen molar-refractivity contribution in [3.8, 4) is 0 Å². The molecular formula is C13H15F2NO3. The third kappa shape index (κ3) is 4.31. The van der Waals surface area contributed by atoms with Gasteiger partial charge in [-0.2, -0.15) is 0 Å². The summed E-state index contributed by atoms with van der Waals surface area (Å²) in [5.74, 6) is -3.30. The number of carbonyl (C=O) groups is 2. The van der Waals surface area contributed by atoms with Gasteiger partial charge in [0.1, 0.15) is 11.6 Å². The van der Waals surface area contributed by atoms with E-state index in [4.69, 9.17) is 5.11 Å². The average molecular weight is 271 g/mol. The van der Waals surface area contributed by atoms with Crippen LogP contribution < -0.4 is 5.32 Å². The molecule has 1 rings (SSSR count). The molecule has 4 nitrogen and oxygen atoms in total. The smallest absolute Gasteiger partial charge is 0.303 e. The molecule has 0 aliphatic rings. The summed E-state index contributed by atoms with van der Waals surface area (Å²) in [6.07, 6.45) is 0.148. The average Bonchev–Trinajstić information content (AvgIpc) is 2.31. The number of hydrogen-bond donors (Lipinski definition) is 2. The number of carboxylic acids is 1. The van der Waals surface area contributed by atoms with Gasteiger partial charge in [-0.05, 0) is 31.9 Å². The number of benzene rings is 1. The Bertz CT molecular complexity index is 503. The Morgan fingerprint density at radius 1 is 1.32 bits per heavy atom. The molecule has 0 saturated carbocycles. The van der Waals surface area contributed by atoms with Crippen molar-refractivity contribution in [2.45, 2.75) is 32.7 Å². The van der Waals surface area contributed by atoms with E-state index in [2.05, 4.69) is 5.32 Å². The normalized spacial score (nSPS) is 12.0. The number of aliphatic carboxylic acids is 1. The van der Waals surface area contributed by atoms with Crippen molar-refractivity contribution in [1.29, 1.82) is 0 Å². The number of rotatable bonds is 5. The van der Waals surface area contributed by atoms with Crippen LogP contribution in [0.15, 0.2) is 12.1 Å². The first kappa shape index (κ1) is 15.1. The van der Waals surface area contributed by atoms with Crippen LogP contribution in [0, 0.1) is 18.6 Å². The zero-order chi connectivity index (χ0) is 14.6. The minimum absolute atomic E-state index is 0.0909. The van der Waals surface area contributed by atoms with Crippen LogP contribution in [0.1, 0.15) is 35.7 Å². The van der Waals surface area contributed by atoms with Gasteiger partial charge in [-0.25, -0.2) is 8.78 Å². The molecule has 0 bridgehead atoms. The molecular weight excluding hydrogens is 256 g/mol. The van der Waals surface area contributed by atoms with Crippen LogP contribution in [0.5, 0.6) is 0 Å². The molecule has 1 aromatic rings. The first-order valence-corrected chi connectivity index (χ1v) is 5.79. The fourth-order valence-corrected chi connectivity index (χ4v) is 1.54. The lowest BCUT2D eigenvalue weighted by molar-refractivity contribution is -0.137. The van der Waals surface area contributed by atoms with Crippen molar-refractivity contribution in [2.24, 2.45) is 0 Å². The largest absolute Gasteiger partial charge is 0.481 e. The molecule has 1 atom stereocenters. The number of aryl methyl sites for hydroxylation is 1. The number of halogens is 2. The SMILES string of the molecule is Cc1cc(C(=O)NC(C)CCC(=O)O)c(F)cc1F. The van der Waals surface area contributed by atoms with Gasteiger partial charge < -0.3 is 10.4 Å². The zero-order valence-electron chi connectivity index (χ0n) is 10.7. The Hall–Kier alpha value is -1.98. The van der Waals surface area contributed by atoms with Crippen molar-refractivity contribution in [3.05, 3.63) is 34.9 Å². The van der Waals surface area contributed by atoms with Gasteiger partial charge in [-0.3, -0.25) is 9.59 Å². The molecule has 0 aliphatic carbocycles. The lowest BCUT2D eigenvalue weighted by atomic mass is 10.1. The Morgan fingerprint density at radius 3 is 2.53 bits per heavy atom. The van der Waals surface area contributed by atoms with Crippen LogP contribution in [0.25, 0.3) is 0 Å². The minimum Gasteiger partial charge on any atom is -0.481 e. The van der Waals surface area contributed by atoms with Crippen LogP contribution in [-0.2, 0) is 4.79 Å². The van der Waals surface area contributed by atoms with E-state index < -0.39 is 29.6 Å². The molecule has 0 radical (unpaired) electrons. The van der Waals surface area contributed by atoms with E-state index in [0.717, 1.165) is 6.07 Å². The summed E-state index contributed by atoms with van der Waals surface area (Å²) in [6.45, 7) is 3.05. The van der Waals surface area contributed by atoms with E-state index in [9.17, 15) is 18.4 Å².